The summed E-state index contributed by atoms with van der Waals surface area (Å²) in [4.78, 5) is 9.83. The summed E-state index contributed by atoms with van der Waals surface area (Å²) in [6.45, 7) is 0. The second-order valence-corrected chi connectivity index (χ2v) is 3.74. The van der Waals surface area contributed by atoms with E-state index in [1.165, 1.54) is 6.07 Å². The van der Waals surface area contributed by atoms with E-state index < -0.39 is 16.6 Å². The second kappa shape index (κ2) is 4.40. The van der Waals surface area contributed by atoms with Gasteiger partial charge in [0, 0.05) is 21.0 Å². The number of alkyl halides is 3. The molecule has 7 heteroatoms. The molecule has 0 aliphatic heterocycles. The molecule has 0 aliphatic rings. The van der Waals surface area contributed by atoms with Crippen LogP contribution in [0.5, 0.6) is 0 Å². The predicted octanol–water partition coefficient (Wildman–Crippen LogP) is 4.29. The number of anilines is 1. The molecule has 1 amide bonds. The quantitative estimate of drug-likeness (QED) is 0.608. The fourth-order valence-electron chi connectivity index (χ4n) is 0.966. The third-order valence-corrected chi connectivity index (χ3v) is 1.95. The maximum absolute atomic E-state index is 12.5. The SMILES string of the molecule is O=C(Br)Nc1ccc(Cl)cc1C(F)(F)F. The number of amides is 1. The molecule has 0 spiro atoms. The van der Waals surface area contributed by atoms with E-state index in [0.29, 0.717) is 0 Å². The molecule has 1 N–H and O–H groups in total. The summed E-state index contributed by atoms with van der Waals surface area (Å²) in [5.41, 5.74) is -1.32. The molecule has 0 fully saturated rings. The Bertz CT molecular complexity index is 394. The summed E-state index contributed by atoms with van der Waals surface area (Å²) in [6.07, 6.45) is -4.56. The van der Waals surface area contributed by atoms with Crippen molar-refractivity contribution in [2.45, 2.75) is 6.18 Å². The lowest BCUT2D eigenvalue weighted by Gasteiger charge is -2.12. The van der Waals surface area contributed by atoms with Gasteiger partial charge in [-0.15, -0.1) is 0 Å². The highest BCUT2D eigenvalue weighted by Crippen LogP contribution is 2.36. The summed E-state index contributed by atoms with van der Waals surface area (Å²) in [6, 6.07) is 3.10. The average molecular weight is 302 g/mol. The van der Waals surface area contributed by atoms with Gasteiger partial charge in [0.25, 0.3) is 4.82 Å². The van der Waals surface area contributed by atoms with Crippen LogP contribution < -0.4 is 5.32 Å². The average Bonchev–Trinajstić information content (AvgIpc) is 2.05. The Morgan fingerprint density at radius 3 is 2.47 bits per heavy atom. The Balaban J connectivity index is 3.20. The number of hydrogen-bond acceptors (Lipinski definition) is 1. The number of carbonyl (C=O) groups is 1. The molecule has 1 rings (SSSR count). The van der Waals surface area contributed by atoms with Crippen LogP contribution >= 0.6 is 27.5 Å². The fraction of sp³-hybridized carbons (Fsp3) is 0.125. The van der Waals surface area contributed by atoms with E-state index in [2.05, 4.69) is 15.9 Å². The van der Waals surface area contributed by atoms with Crippen molar-refractivity contribution >= 4 is 38.0 Å². The molecule has 2 nitrogen and oxygen atoms in total. The number of nitrogens with one attached hydrogen (secondary N) is 1. The van der Waals surface area contributed by atoms with E-state index in [-0.39, 0.29) is 10.7 Å². The minimum absolute atomic E-state index is 0.0464. The molecule has 1 aromatic rings. The highest BCUT2D eigenvalue weighted by molar-refractivity contribution is 9.18. The molecular formula is C8H4BrClF3NO. The predicted molar refractivity (Wildman–Crippen MR) is 54.4 cm³/mol. The highest BCUT2D eigenvalue weighted by atomic mass is 79.9. The molecule has 0 saturated heterocycles. The zero-order valence-corrected chi connectivity index (χ0v) is 9.37. The largest absolute Gasteiger partial charge is 0.418 e. The molecule has 0 unspecified atom stereocenters. The topological polar surface area (TPSA) is 29.1 Å². The van der Waals surface area contributed by atoms with Crippen LogP contribution in [0.1, 0.15) is 5.56 Å². The molecule has 15 heavy (non-hydrogen) atoms. The Kier molecular flexibility index (Phi) is 3.62. The van der Waals surface area contributed by atoms with Crippen LogP contribution in [0.3, 0.4) is 0 Å². The van der Waals surface area contributed by atoms with E-state index >= 15 is 0 Å². The van der Waals surface area contributed by atoms with Crippen molar-refractivity contribution in [3.63, 3.8) is 0 Å². The molecule has 1 aromatic carbocycles. The first-order chi connectivity index (χ1) is 6.80. The van der Waals surface area contributed by atoms with E-state index in [1.54, 1.807) is 0 Å². The van der Waals surface area contributed by atoms with Gasteiger partial charge in [-0.2, -0.15) is 13.2 Å². The van der Waals surface area contributed by atoms with Gasteiger partial charge < -0.3 is 5.32 Å². The van der Waals surface area contributed by atoms with E-state index in [9.17, 15) is 18.0 Å². The summed E-state index contributed by atoms with van der Waals surface area (Å²) < 4.78 is 37.4. The first-order valence-corrected chi connectivity index (χ1v) is 4.81. The van der Waals surface area contributed by atoms with Crippen molar-refractivity contribution in [1.29, 1.82) is 0 Å². The van der Waals surface area contributed by atoms with Crippen molar-refractivity contribution in [3.05, 3.63) is 28.8 Å². The first-order valence-electron chi connectivity index (χ1n) is 3.64. The lowest BCUT2D eigenvalue weighted by molar-refractivity contribution is -0.136. The standard InChI is InChI=1S/C8H4BrClF3NO/c9-7(15)14-6-2-1-4(10)3-5(6)8(11,12)13/h1-3H,(H,14,15). The van der Waals surface area contributed by atoms with Crippen LogP contribution in [-0.4, -0.2) is 4.82 Å². The van der Waals surface area contributed by atoms with E-state index in [1.807, 2.05) is 5.32 Å². The molecule has 0 atom stereocenters. The molecule has 0 saturated carbocycles. The second-order valence-electron chi connectivity index (χ2n) is 2.59. The Hall–Kier alpha value is -0.750. The Morgan fingerprint density at radius 1 is 1.40 bits per heavy atom. The minimum atomic E-state index is -4.56. The maximum atomic E-state index is 12.5. The van der Waals surface area contributed by atoms with Crippen LogP contribution in [-0.2, 0) is 6.18 Å². The highest BCUT2D eigenvalue weighted by Gasteiger charge is 2.34. The fourth-order valence-corrected chi connectivity index (χ4v) is 1.35. The number of hydrogen-bond donors (Lipinski definition) is 1. The number of rotatable bonds is 1. The maximum Gasteiger partial charge on any atom is 0.418 e. The van der Waals surface area contributed by atoms with Gasteiger partial charge in [0.2, 0.25) is 0 Å². The van der Waals surface area contributed by atoms with Gasteiger partial charge in [0.1, 0.15) is 0 Å². The van der Waals surface area contributed by atoms with Gasteiger partial charge in [-0.1, -0.05) is 11.6 Å². The lowest BCUT2D eigenvalue weighted by atomic mass is 10.1. The van der Waals surface area contributed by atoms with Crippen molar-refractivity contribution < 1.29 is 18.0 Å². The molecule has 0 bridgehead atoms. The van der Waals surface area contributed by atoms with Gasteiger partial charge in [-0.3, -0.25) is 4.79 Å². The Labute approximate surface area is 96.5 Å². The third-order valence-electron chi connectivity index (χ3n) is 1.52. The summed E-state index contributed by atoms with van der Waals surface area (Å²) in [7, 11) is 0. The van der Waals surface area contributed by atoms with Crippen LogP contribution in [0.25, 0.3) is 0 Å². The monoisotopic (exact) mass is 301 g/mol. The van der Waals surface area contributed by atoms with Crippen molar-refractivity contribution in [2.75, 3.05) is 5.32 Å². The van der Waals surface area contributed by atoms with Gasteiger partial charge in [-0.05, 0) is 18.2 Å². The van der Waals surface area contributed by atoms with Gasteiger partial charge in [0.05, 0.1) is 11.3 Å². The molecule has 82 valence electrons. The summed E-state index contributed by atoms with van der Waals surface area (Å²) >= 11 is 7.92. The normalized spacial score (nSPS) is 11.3. The zero-order valence-electron chi connectivity index (χ0n) is 7.03. The minimum Gasteiger partial charge on any atom is -0.316 e. The van der Waals surface area contributed by atoms with Gasteiger partial charge in [0.15, 0.2) is 0 Å². The number of carbonyl (C=O) groups excluding carboxylic acids is 1. The van der Waals surface area contributed by atoms with Crippen molar-refractivity contribution in [1.82, 2.24) is 0 Å². The first kappa shape index (κ1) is 12.3. The van der Waals surface area contributed by atoms with Gasteiger partial charge in [-0.25, -0.2) is 0 Å². The Morgan fingerprint density at radius 2 is 2.00 bits per heavy atom. The summed E-state index contributed by atoms with van der Waals surface area (Å²) in [5, 5.41) is 1.96. The number of benzene rings is 1. The van der Waals surface area contributed by atoms with Crippen molar-refractivity contribution in [3.8, 4) is 0 Å². The zero-order chi connectivity index (χ0) is 11.6. The van der Waals surface area contributed by atoms with Crippen LogP contribution in [0.4, 0.5) is 23.7 Å². The third kappa shape index (κ3) is 3.39. The smallest absolute Gasteiger partial charge is 0.316 e. The van der Waals surface area contributed by atoms with Crippen LogP contribution in [0, 0.1) is 0 Å². The van der Waals surface area contributed by atoms with Crippen molar-refractivity contribution in [2.24, 2.45) is 0 Å². The van der Waals surface area contributed by atoms with Crippen LogP contribution in [0.15, 0.2) is 18.2 Å². The van der Waals surface area contributed by atoms with Crippen LogP contribution in [0.2, 0.25) is 5.02 Å². The number of halogens is 5. The van der Waals surface area contributed by atoms with Gasteiger partial charge >= 0.3 is 6.18 Å². The molecule has 0 aliphatic carbocycles. The molecular weight excluding hydrogens is 298 g/mol. The van der Waals surface area contributed by atoms with E-state index in [0.717, 1.165) is 12.1 Å². The molecule has 0 aromatic heterocycles. The summed E-state index contributed by atoms with van der Waals surface area (Å²) in [5.74, 6) is 0. The lowest BCUT2D eigenvalue weighted by Crippen LogP contribution is -2.11. The molecule has 0 heterocycles. The van der Waals surface area contributed by atoms with E-state index in [4.69, 9.17) is 11.6 Å². The molecule has 0 radical (unpaired) electrons.